The van der Waals surface area contributed by atoms with E-state index >= 15 is 0 Å². The van der Waals surface area contributed by atoms with E-state index in [1.165, 1.54) is 6.33 Å². The van der Waals surface area contributed by atoms with Crippen LogP contribution in [0.3, 0.4) is 0 Å². The van der Waals surface area contributed by atoms with Crippen molar-refractivity contribution in [2.45, 2.75) is 13.0 Å². The first-order chi connectivity index (χ1) is 26.5. The first kappa shape index (κ1) is 41.1. The van der Waals surface area contributed by atoms with Gasteiger partial charge in [0, 0.05) is 37.7 Å². The quantitative estimate of drug-likeness (QED) is 0.0647. The van der Waals surface area contributed by atoms with Crippen LogP contribution < -0.4 is 17.2 Å². The fourth-order valence-electron chi connectivity index (χ4n) is 5.63. The van der Waals surface area contributed by atoms with Crippen molar-refractivity contribution < 1.29 is 47.1 Å². The average Bonchev–Trinajstić information content (AvgIpc) is 3.72. The number of carbonyl (C=O) groups is 1. The lowest BCUT2D eigenvalue weighted by Gasteiger charge is -2.39. The Hall–Kier alpha value is -4.05. The van der Waals surface area contributed by atoms with Gasteiger partial charge in [-0.1, -0.05) is 0 Å². The van der Waals surface area contributed by atoms with Crippen LogP contribution in [0.2, 0.25) is 0 Å². The molecule has 1 aromatic carbocycles. The van der Waals surface area contributed by atoms with Gasteiger partial charge in [0.15, 0.2) is 11.2 Å². The van der Waals surface area contributed by atoms with Gasteiger partial charge in [0.2, 0.25) is 5.91 Å². The van der Waals surface area contributed by atoms with E-state index in [4.69, 9.17) is 64.6 Å². The third kappa shape index (κ3) is 13.1. The number of nitrogens with two attached hydrogens (primary N) is 3. The summed E-state index contributed by atoms with van der Waals surface area (Å²) in [5.41, 5.74) is 20.6. The van der Waals surface area contributed by atoms with E-state index in [-0.39, 0.29) is 17.8 Å². The molecule has 0 aliphatic carbocycles. The second-order valence-electron chi connectivity index (χ2n) is 12.3. The minimum atomic E-state index is 0.0551. The molecule has 1 fully saturated rings. The van der Waals surface area contributed by atoms with Crippen LogP contribution in [0.15, 0.2) is 28.9 Å². The molecule has 0 radical (unpaired) electrons. The standard InChI is InChI=1S/C35H53N9O10/c36-4-6-47-8-10-49-12-14-51-16-18-53-20-19-52-17-15-50-13-11-48-9-7-46-5-3-30(45)43-22-26(23-43)24-44-34-31(33(37)39-25-40-34)32(42-44)27-1-2-29-28(21-27)41-35(38)54-29/h1-2,21,25-26H,3-20,22-24,36H2,(H2,38,41)(H2,37,39,40). The number of rotatable bonds is 29. The van der Waals surface area contributed by atoms with Gasteiger partial charge in [0.1, 0.15) is 23.4 Å². The number of benzene rings is 1. The Labute approximate surface area is 313 Å². The lowest BCUT2D eigenvalue weighted by atomic mass is 10.00. The minimum absolute atomic E-state index is 0.0551. The van der Waals surface area contributed by atoms with Gasteiger partial charge in [-0.3, -0.25) is 4.79 Å². The largest absolute Gasteiger partial charge is 0.424 e. The van der Waals surface area contributed by atoms with E-state index < -0.39 is 0 Å². The van der Waals surface area contributed by atoms with E-state index in [2.05, 4.69) is 15.0 Å². The molecule has 19 heteroatoms. The smallest absolute Gasteiger partial charge is 0.292 e. The van der Waals surface area contributed by atoms with E-state index in [1.807, 2.05) is 21.7 Å². The number of likely N-dealkylation sites (tertiary alicyclic amines) is 1. The number of nitrogen functional groups attached to an aromatic ring is 2. The van der Waals surface area contributed by atoms with Crippen LogP contribution in [0.1, 0.15) is 6.42 Å². The summed E-state index contributed by atoms with van der Waals surface area (Å²) in [6.07, 6.45) is 1.74. The highest BCUT2D eigenvalue weighted by Gasteiger charge is 2.32. The highest BCUT2D eigenvalue weighted by atomic mass is 16.6. The van der Waals surface area contributed by atoms with E-state index in [0.717, 1.165) is 5.56 Å². The van der Waals surface area contributed by atoms with Crippen molar-refractivity contribution in [3.8, 4) is 11.3 Å². The van der Waals surface area contributed by atoms with Crippen LogP contribution in [0.5, 0.6) is 0 Å². The molecule has 0 unspecified atom stereocenters. The molecular weight excluding hydrogens is 706 g/mol. The van der Waals surface area contributed by atoms with Gasteiger partial charge in [-0.2, -0.15) is 10.1 Å². The molecule has 3 aromatic heterocycles. The fourth-order valence-corrected chi connectivity index (χ4v) is 5.63. The van der Waals surface area contributed by atoms with Gasteiger partial charge in [-0.25, -0.2) is 14.6 Å². The molecule has 1 amide bonds. The van der Waals surface area contributed by atoms with Crippen LogP contribution in [0.4, 0.5) is 11.8 Å². The number of anilines is 2. The zero-order valence-corrected chi connectivity index (χ0v) is 30.7. The van der Waals surface area contributed by atoms with Crippen molar-refractivity contribution in [2.75, 3.05) is 137 Å². The molecule has 5 rings (SSSR count). The molecule has 1 aliphatic rings. The lowest BCUT2D eigenvalue weighted by Crippen LogP contribution is -2.51. The number of oxazole rings is 1. The average molecular weight is 760 g/mol. The second kappa shape index (κ2) is 23.0. The van der Waals surface area contributed by atoms with Crippen molar-refractivity contribution in [3.63, 3.8) is 0 Å². The van der Waals surface area contributed by atoms with Crippen LogP contribution in [0.25, 0.3) is 33.4 Å². The third-order valence-electron chi connectivity index (χ3n) is 8.30. The molecule has 19 nitrogen and oxygen atoms in total. The number of aromatic nitrogens is 5. The summed E-state index contributed by atoms with van der Waals surface area (Å²) in [6.45, 7) is 10.00. The van der Waals surface area contributed by atoms with Crippen LogP contribution in [-0.2, 0) is 49.2 Å². The molecule has 0 spiro atoms. The Morgan fingerprint density at radius 2 is 1.28 bits per heavy atom. The molecular formula is C35H53N9O10. The molecule has 54 heavy (non-hydrogen) atoms. The summed E-state index contributed by atoms with van der Waals surface area (Å²) in [5.74, 6) is 0.616. The Morgan fingerprint density at radius 3 is 1.83 bits per heavy atom. The number of ether oxygens (including phenoxy) is 8. The predicted octanol–water partition coefficient (Wildman–Crippen LogP) is 0.739. The van der Waals surface area contributed by atoms with Gasteiger partial charge in [-0.15, -0.1) is 0 Å². The second-order valence-corrected chi connectivity index (χ2v) is 12.3. The third-order valence-corrected chi connectivity index (χ3v) is 8.30. The maximum absolute atomic E-state index is 12.7. The van der Waals surface area contributed by atoms with Crippen LogP contribution in [-0.4, -0.2) is 161 Å². The normalized spacial score (nSPS) is 13.4. The van der Waals surface area contributed by atoms with E-state index in [0.29, 0.717) is 172 Å². The molecule has 1 saturated heterocycles. The SMILES string of the molecule is NCCOCCOCCOCCOCCOCCOCCOCCOCCC(=O)N1CC(Cn2nc(-c3ccc4oc(N)nc4c3)c3c(N)ncnc32)C1. The summed E-state index contributed by atoms with van der Waals surface area (Å²) in [5, 5.41) is 5.51. The molecule has 0 atom stereocenters. The summed E-state index contributed by atoms with van der Waals surface area (Å²) < 4.78 is 50.9. The van der Waals surface area contributed by atoms with Crippen molar-refractivity contribution in [2.24, 2.45) is 11.7 Å². The molecule has 0 bridgehead atoms. The Kier molecular flexibility index (Phi) is 17.5. The minimum Gasteiger partial charge on any atom is -0.424 e. The molecule has 1 aliphatic heterocycles. The first-order valence-electron chi connectivity index (χ1n) is 18.3. The number of carbonyl (C=O) groups excluding carboxylic acids is 1. The predicted molar refractivity (Wildman–Crippen MR) is 197 cm³/mol. The number of hydrogen-bond acceptors (Lipinski definition) is 17. The molecule has 0 saturated carbocycles. The highest BCUT2D eigenvalue weighted by molar-refractivity contribution is 5.99. The number of hydrogen-bond donors (Lipinski definition) is 3. The lowest BCUT2D eigenvalue weighted by molar-refractivity contribution is -0.139. The molecule has 6 N–H and O–H groups in total. The maximum atomic E-state index is 12.7. The van der Waals surface area contributed by atoms with Gasteiger partial charge in [0.25, 0.3) is 6.01 Å². The Morgan fingerprint density at radius 1 is 0.741 bits per heavy atom. The summed E-state index contributed by atoms with van der Waals surface area (Å²) in [6, 6.07) is 5.62. The van der Waals surface area contributed by atoms with Gasteiger partial charge < -0.3 is 64.4 Å². The van der Waals surface area contributed by atoms with Crippen molar-refractivity contribution >= 4 is 39.9 Å². The topological polar surface area (TPSA) is 242 Å². The number of fused-ring (bicyclic) bond motifs is 2. The van der Waals surface area contributed by atoms with Gasteiger partial charge in [0.05, 0.1) is 118 Å². The van der Waals surface area contributed by atoms with E-state index in [1.54, 1.807) is 6.07 Å². The van der Waals surface area contributed by atoms with Gasteiger partial charge >= 0.3 is 0 Å². The Bertz CT molecular complexity index is 1680. The molecule has 4 aromatic rings. The Balaban J connectivity index is 0.826. The zero-order valence-electron chi connectivity index (χ0n) is 30.7. The van der Waals surface area contributed by atoms with Crippen LogP contribution >= 0.6 is 0 Å². The maximum Gasteiger partial charge on any atom is 0.292 e. The monoisotopic (exact) mass is 759 g/mol. The van der Waals surface area contributed by atoms with Crippen LogP contribution in [0, 0.1) is 5.92 Å². The van der Waals surface area contributed by atoms with Crippen molar-refractivity contribution in [1.29, 1.82) is 0 Å². The molecule has 4 heterocycles. The van der Waals surface area contributed by atoms with Gasteiger partial charge in [-0.05, 0) is 18.2 Å². The zero-order chi connectivity index (χ0) is 37.8. The number of amides is 1. The van der Waals surface area contributed by atoms with Crippen molar-refractivity contribution in [3.05, 3.63) is 24.5 Å². The number of nitrogens with zero attached hydrogens (tertiary/aromatic N) is 6. The van der Waals surface area contributed by atoms with Crippen molar-refractivity contribution in [1.82, 2.24) is 29.6 Å². The summed E-state index contributed by atoms with van der Waals surface area (Å²) in [4.78, 5) is 27.4. The summed E-state index contributed by atoms with van der Waals surface area (Å²) in [7, 11) is 0. The first-order valence-corrected chi connectivity index (χ1v) is 18.3. The van der Waals surface area contributed by atoms with E-state index in [9.17, 15) is 4.79 Å². The summed E-state index contributed by atoms with van der Waals surface area (Å²) >= 11 is 0. The fraction of sp³-hybridized carbons (Fsp3) is 0.629. The highest BCUT2D eigenvalue weighted by Crippen LogP contribution is 2.33. The molecule has 298 valence electrons.